The first kappa shape index (κ1) is 15.9. The van der Waals surface area contributed by atoms with Gasteiger partial charge >= 0.3 is 0 Å². The van der Waals surface area contributed by atoms with Crippen LogP contribution in [0.3, 0.4) is 0 Å². The van der Waals surface area contributed by atoms with E-state index in [1.165, 1.54) is 12.1 Å². The monoisotopic (exact) mass is 294 g/mol. The Morgan fingerprint density at radius 1 is 1.43 bits per heavy atom. The largest absolute Gasteiger partial charge is 0.389 e. The fourth-order valence-corrected chi connectivity index (χ4v) is 2.46. The number of aliphatic hydroxyl groups is 1. The highest BCUT2D eigenvalue weighted by Gasteiger charge is 2.32. The summed E-state index contributed by atoms with van der Waals surface area (Å²) in [6.45, 7) is 3.74. The molecule has 1 aromatic rings. The van der Waals surface area contributed by atoms with E-state index in [1.807, 2.05) is 0 Å². The van der Waals surface area contributed by atoms with Gasteiger partial charge in [-0.25, -0.2) is 4.39 Å². The van der Waals surface area contributed by atoms with Gasteiger partial charge in [-0.15, -0.1) is 0 Å². The summed E-state index contributed by atoms with van der Waals surface area (Å²) in [6.07, 6.45) is 2.02. The summed E-state index contributed by atoms with van der Waals surface area (Å²) < 4.78 is 13.1. The van der Waals surface area contributed by atoms with E-state index in [9.17, 15) is 14.3 Å². The zero-order valence-electron chi connectivity index (χ0n) is 12.8. The highest BCUT2D eigenvalue weighted by atomic mass is 19.1. The van der Waals surface area contributed by atoms with Crippen molar-refractivity contribution in [2.75, 3.05) is 13.6 Å². The molecule has 1 fully saturated rings. The Balaban J connectivity index is 2.19. The molecule has 1 atom stereocenters. The number of benzene rings is 1. The van der Waals surface area contributed by atoms with Gasteiger partial charge < -0.3 is 10.4 Å². The Bertz CT molecular complexity index is 492. The van der Waals surface area contributed by atoms with Gasteiger partial charge in [0, 0.05) is 12.6 Å². The van der Waals surface area contributed by atoms with Gasteiger partial charge in [0.15, 0.2) is 0 Å². The Hall–Kier alpha value is -1.46. The predicted octanol–water partition coefficient (Wildman–Crippen LogP) is 1.85. The van der Waals surface area contributed by atoms with Gasteiger partial charge in [-0.05, 0) is 51.4 Å². The van der Waals surface area contributed by atoms with Crippen molar-refractivity contribution < 1.29 is 14.3 Å². The van der Waals surface area contributed by atoms with Crippen LogP contribution in [0, 0.1) is 5.82 Å². The molecule has 1 aromatic carbocycles. The first-order chi connectivity index (χ1) is 9.76. The van der Waals surface area contributed by atoms with Gasteiger partial charge in [0.1, 0.15) is 11.9 Å². The van der Waals surface area contributed by atoms with Crippen LogP contribution in [-0.2, 0) is 4.79 Å². The van der Waals surface area contributed by atoms with E-state index in [2.05, 4.69) is 5.32 Å². The smallest absolute Gasteiger partial charge is 0.242 e. The van der Waals surface area contributed by atoms with E-state index in [4.69, 9.17) is 0 Å². The quantitative estimate of drug-likeness (QED) is 0.842. The fourth-order valence-electron chi connectivity index (χ4n) is 2.46. The molecule has 1 aliphatic carbocycles. The molecule has 0 aliphatic heterocycles. The van der Waals surface area contributed by atoms with Gasteiger partial charge in [0.2, 0.25) is 5.91 Å². The maximum absolute atomic E-state index is 13.1. The topological polar surface area (TPSA) is 52.6 Å². The average Bonchev–Trinajstić information content (AvgIpc) is 3.13. The number of likely N-dealkylation sites (N-methyl/N-ethyl adjacent to an activating group) is 1. The molecule has 4 nitrogen and oxygen atoms in total. The molecule has 0 aromatic heterocycles. The molecule has 0 bridgehead atoms. The van der Waals surface area contributed by atoms with Crippen LogP contribution in [0.15, 0.2) is 24.3 Å². The van der Waals surface area contributed by atoms with Crippen LogP contribution in [0.1, 0.15) is 38.3 Å². The highest BCUT2D eigenvalue weighted by Crippen LogP contribution is 2.25. The maximum Gasteiger partial charge on any atom is 0.242 e. The second-order valence-electron chi connectivity index (χ2n) is 6.46. The zero-order chi connectivity index (χ0) is 15.6. The molecule has 0 spiro atoms. The molecule has 116 valence electrons. The van der Waals surface area contributed by atoms with E-state index in [0.717, 1.165) is 18.4 Å². The highest BCUT2D eigenvalue weighted by molar-refractivity contribution is 5.83. The number of carbonyl (C=O) groups is 1. The fraction of sp³-hybridized carbons (Fsp3) is 0.562. The standard InChI is InChI=1S/C16H23FN2O2/c1-16(2,21)10-19(3)14(15(20)18-13-8-9-13)11-4-6-12(17)7-5-11/h4-7,13-14,21H,8-10H2,1-3H3,(H,18,20). The summed E-state index contributed by atoms with van der Waals surface area (Å²) in [5, 5.41) is 12.9. The molecule has 1 unspecified atom stereocenters. The van der Waals surface area contributed by atoms with Crippen LogP contribution >= 0.6 is 0 Å². The van der Waals surface area contributed by atoms with Gasteiger partial charge in [0.25, 0.3) is 0 Å². The third-order valence-corrected chi connectivity index (χ3v) is 3.43. The zero-order valence-corrected chi connectivity index (χ0v) is 12.8. The van der Waals surface area contributed by atoms with Crippen molar-refractivity contribution >= 4 is 5.91 Å². The lowest BCUT2D eigenvalue weighted by molar-refractivity contribution is -0.127. The number of amides is 1. The van der Waals surface area contributed by atoms with Crippen LogP contribution < -0.4 is 5.32 Å². The minimum Gasteiger partial charge on any atom is -0.389 e. The number of halogens is 1. The van der Waals surface area contributed by atoms with Crippen LogP contribution in [0.4, 0.5) is 4.39 Å². The van der Waals surface area contributed by atoms with Crippen LogP contribution in [-0.4, -0.2) is 41.1 Å². The summed E-state index contributed by atoms with van der Waals surface area (Å²) in [6, 6.07) is 5.67. The van der Waals surface area contributed by atoms with Crippen molar-refractivity contribution in [1.29, 1.82) is 0 Å². The summed E-state index contributed by atoms with van der Waals surface area (Å²) >= 11 is 0. The van der Waals surface area contributed by atoms with E-state index in [1.54, 1.807) is 37.9 Å². The maximum atomic E-state index is 13.1. The van der Waals surface area contributed by atoms with E-state index < -0.39 is 11.6 Å². The van der Waals surface area contributed by atoms with Gasteiger partial charge in [-0.3, -0.25) is 9.69 Å². The Kier molecular flexibility index (Phi) is 4.64. The summed E-state index contributed by atoms with van der Waals surface area (Å²) in [7, 11) is 1.79. The van der Waals surface area contributed by atoms with Crippen LogP contribution in [0.2, 0.25) is 0 Å². The lowest BCUT2D eigenvalue weighted by Gasteiger charge is -2.32. The molecule has 1 amide bonds. The molecule has 0 radical (unpaired) electrons. The number of nitrogens with one attached hydrogen (secondary N) is 1. The molecule has 1 saturated carbocycles. The average molecular weight is 294 g/mol. The Morgan fingerprint density at radius 3 is 2.48 bits per heavy atom. The molecule has 0 saturated heterocycles. The Morgan fingerprint density at radius 2 is 2.00 bits per heavy atom. The molecular formula is C16H23FN2O2. The van der Waals surface area contributed by atoms with Crippen LogP contribution in [0.5, 0.6) is 0 Å². The predicted molar refractivity (Wildman–Crippen MR) is 79.2 cm³/mol. The number of carbonyl (C=O) groups excluding carboxylic acids is 1. The molecule has 1 aliphatic rings. The van der Waals surface area contributed by atoms with Gasteiger partial charge in [0.05, 0.1) is 5.60 Å². The molecule has 0 heterocycles. The van der Waals surface area contributed by atoms with E-state index >= 15 is 0 Å². The van der Waals surface area contributed by atoms with Crippen molar-refractivity contribution in [2.24, 2.45) is 0 Å². The van der Waals surface area contributed by atoms with Crippen molar-refractivity contribution in [3.8, 4) is 0 Å². The second kappa shape index (κ2) is 6.12. The lowest BCUT2D eigenvalue weighted by Crippen LogP contribution is -2.45. The van der Waals surface area contributed by atoms with Crippen molar-refractivity contribution in [2.45, 2.75) is 44.4 Å². The minimum atomic E-state index is -0.910. The minimum absolute atomic E-state index is 0.101. The van der Waals surface area contributed by atoms with E-state index in [-0.39, 0.29) is 17.8 Å². The first-order valence-corrected chi connectivity index (χ1v) is 7.25. The van der Waals surface area contributed by atoms with E-state index in [0.29, 0.717) is 6.54 Å². The summed E-state index contributed by atoms with van der Waals surface area (Å²) in [4.78, 5) is 14.3. The van der Waals surface area contributed by atoms with Crippen molar-refractivity contribution in [3.63, 3.8) is 0 Å². The second-order valence-corrected chi connectivity index (χ2v) is 6.46. The number of nitrogens with zero attached hydrogens (tertiary/aromatic N) is 1. The molecule has 21 heavy (non-hydrogen) atoms. The molecular weight excluding hydrogens is 271 g/mol. The molecule has 5 heteroatoms. The number of rotatable bonds is 6. The lowest BCUT2D eigenvalue weighted by atomic mass is 10.0. The molecule has 2 N–H and O–H groups in total. The normalized spacial score (nSPS) is 16.9. The number of hydrogen-bond donors (Lipinski definition) is 2. The summed E-state index contributed by atoms with van der Waals surface area (Å²) in [5.74, 6) is -0.430. The van der Waals surface area contributed by atoms with Crippen molar-refractivity contribution in [3.05, 3.63) is 35.6 Å². The van der Waals surface area contributed by atoms with Crippen molar-refractivity contribution in [1.82, 2.24) is 10.2 Å². The number of hydrogen-bond acceptors (Lipinski definition) is 3. The SMILES string of the molecule is CN(CC(C)(C)O)C(C(=O)NC1CC1)c1ccc(F)cc1. The Labute approximate surface area is 125 Å². The molecule has 2 rings (SSSR count). The van der Waals surface area contributed by atoms with Crippen LogP contribution in [0.25, 0.3) is 0 Å². The third kappa shape index (κ3) is 4.79. The first-order valence-electron chi connectivity index (χ1n) is 7.25. The van der Waals surface area contributed by atoms with Gasteiger partial charge in [-0.2, -0.15) is 0 Å². The van der Waals surface area contributed by atoms with Gasteiger partial charge in [-0.1, -0.05) is 12.1 Å². The summed E-state index contributed by atoms with van der Waals surface area (Å²) in [5.41, 5.74) is -0.186. The third-order valence-electron chi connectivity index (χ3n) is 3.43.